The molecule has 1 aromatic carbocycles. The predicted molar refractivity (Wildman–Crippen MR) is 59.8 cm³/mol. The lowest BCUT2D eigenvalue weighted by Crippen LogP contribution is -2.05. The van der Waals surface area contributed by atoms with Gasteiger partial charge < -0.3 is 10.2 Å². The fourth-order valence-corrected chi connectivity index (χ4v) is 1.53. The van der Waals surface area contributed by atoms with Gasteiger partial charge in [0.05, 0.1) is 11.1 Å². The molecule has 90 valence electrons. The third-order valence-electron chi connectivity index (χ3n) is 2.38. The Bertz CT molecular complexity index is 490. The number of rotatable bonds is 3. The van der Waals surface area contributed by atoms with E-state index >= 15 is 0 Å². The predicted octanol–water partition coefficient (Wildman–Crippen LogP) is 1.71. The molecular formula is C12H12O5. The molecule has 0 aliphatic carbocycles. The van der Waals surface area contributed by atoms with Crippen LogP contribution in [0.3, 0.4) is 0 Å². The molecule has 5 nitrogen and oxygen atoms in total. The van der Waals surface area contributed by atoms with Crippen LogP contribution in [0.1, 0.15) is 51.8 Å². The number of ketones is 3. The highest BCUT2D eigenvalue weighted by molar-refractivity contribution is 6.10. The third kappa shape index (κ3) is 2.18. The van der Waals surface area contributed by atoms with Gasteiger partial charge in [0.2, 0.25) is 0 Å². The minimum Gasteiger partial charge on any atom is -0.506 e. The summed E-state index contributed by atoms with van der Waals surface area (Å²) in [5, 5.41) is 19.4. The standard InChI is InChI=1S/C12H12O5/c1-5(13)8-4-9(6(2)14)12(17)10(7(3)15)11(8)16/h4,16-17H,1-3H3. The summed E-state index contributed by atoms with van der Waals surface area (Å²) in [5.74, 6) is -2.79. The van der Waals surface area contributed by atoms with Crippen LogP contribution in [0.4, 0.5) is 0 Å². The second kappa shape index (κ2) is 4.37. The van der Waals surface area contributed by atoms with Crippen molar-refractivity contribution >= 4 is 17.3 Å². The van der Waals surface area contributed by atoms with Crippen LogP contribution in [-0.2, 0) is 0 Å². The Morgan fingerprint density at radius 2 is 1.18 bits per heavy atom. The number of benzene rings is 1. The molecular weight excluding hydrogens is 224 g/mol. The molecule has 0 radical (unpaired) electrons. The number of hydrogen-bond acceptors (Lipinski definition) is 5. The Morgan fingerprint density at radius 3 is 1.41 bits per heavy atom. The number of aromatic hydroxyl groups is 2. The molecule has 0 saturated carbocycles. The Labute approximate surface area is 97.7 Å². The molecule has 0 bridgehead atoms. The van der Waals surface area contributed by atoms with Gasteiger partial charge >= 0.3 is 0 Å². The molecule has 0 spiro atoms. The minimum atomic E-state index is -0.620. The summed E-state index contributed by atoms with van der Waals surface area (Å²) < 4.78 is 0. The van der Waals surface area contributed by atoms with E-state index < -0.39 is 34.4 Å². The summed E-state index contributed by atoms with van der Waals surface area (Å²) in [5.41, 5.74) is -0.709. The number of carbonyl (C=O) groups is 3. The van der Waals surface area contributed by atoms with Crippen molar-refractivity contribution in [2.75, 3.05) is 0 Å². The van der Waals surface area contributed by atoms with Gasteiger partial charge in [-0.15, -0.1) is 0 Å². The van der Waals surface area contributed by atoms with Crippen molar-refractivity contribution < 1.29 is 24.6 Å². The largest absolute Gasteiger partial charge is 0.506 e. The van der Waals surface area contributed by atoms with Crippen molar-refractivity contribution in [3.8, 4) is 11.5 Å². The quantitative estimate of drug-likeness (QED) is 0.779. The second-order valence-corrected chi connectivity index (χ2v) is 3.71. The molecule has 0 fully saturated rings. The van der Waals surface area contributed by atoms with Crippen LogP contribution >= 0.6 is 0 Å². The summed E-state index contributed by atoms with van der Waals surface area (Å²) in [7, 11) is 0. The van der Waals surface area contributed by atoms with E-state index in [4.69, 9.17) is 0 Å². The molecule has 1 rings (SSSR count). The molecule has 0 amide bonds. The van der Waals surface area contributed by atoms with Gasteiger partial charge in [-0.3, -0.25) is 14.4 Å². The summed E-state index contributed by atoms with van der Waals surface area (Å²) in [6.07, 6.45) is 0. The molecule has 0 unspecified atom stereocenters. The average molecular weight is 236 g/mol. The van der Waals surface area contributed by atoms with Crippen LogP contribution in [-0.4, -0.2) is 27.6 Å². The van der Waals surface area contributed by atoms with Crippen LogP contribution in [0, 0.1) is 0 Å². The summed E-state index contributed by atoms with van der Waals surface area (Å²) in [4.78, 5) is 33.8. The van der Waals surface area contributed by atoms with Crippen LogP contribution in [0.15, 0.2) is 6.07 Å². The second-order valence-electron chi connectivity index (χ2n) is 3.71. The normalized spacial score (nSPS) is 10.1. The van der Waals surface area contributed by atoms with E-state index in [1.807, 2.05) is 0 Å². The zero-order chi connectivity index (χ0) is 13.3. The van der Waals surface area contributed by atoms with Gasteiger partial charge in [-0.1, -0.05) is 0 Å². The van der Waals surface area contributed by atoms with Crippen molar-refractivity contribution in [3.63, 3.8) is 0 Å². The van der Waals surface area contributed by atoms with E-state index in [0.717, 1.165) is 13.0 Å². The van der Waals surface area contributed by atoms with Crippen LogP contribution < -0.4 is 0 Å². The van der Waals surface area contributed by atoms with Gasteiger partial charge in [0, 0.05) is 0 Å². The van der Waals surface area contributed by atoms with Crippen molar-refractivity contribution in [1.82, 2.24) is 0 Å². The monoisotopic (exact) mass is 236 g/mol. The molecule has 1 aromatic rings. The summed E-state index contributed by atoms with van der Waals surface area (Å²) in [6.45, 7) is 3.52. The molecule has 2 N–H and O–H groups in total. The van der Waals surface area contributed by atoms with Crippen molar-refractivity contribution in [2.45, 2.75) is 20.8 Å². The summed E-state index contributed by atoms with van der Waals surface area (Å²) in [6, 6.07) is 1.09. The highest BCUT2D eigenvalue weighted by Crippen LogP contribution is 2.35. The highest BCUT2D eigenvalue weighted by atomic mass is 16.3. The number of phenols is 2. The van der Waals surface area contributed by atoms with Crippen molar-refractivity contribution in [1.29, 1.82) is 0 Å². The van der Waals surface area contributed by atoms with Crippen molar-refractivity contribution in [2.24, 2.45) is 0 Å². The molecule has 0 heterocycles. The number of hydrogen-bond donors (Lipinski definition) is 2. The van der Waals surface area contributed by atoms with E-state index in [-0.39, 0.29) is 11.1 Å². The zero-order valence-electron chi connectivity index (χ0n) is 9.70. The van der Waals surface area contributed by atoms with Gasteiger partial charge in [-0.2, -0.15) is 0 Å². The van der Waals surface area contributed by atoms with Crippen molar-refractivity contribution in [3.05, 3.63) is 22.8 Å². The van der Waals surface area contributed by atoms with E-state index in [9.17, 15) is 24.6 Å². The Balaban J connectivity index is 3.76. The molecule has 17 heavy (non-hydrogen) atoms. The van der Waals surface area contributed by atoms with Gasteiger partial charge in [-0.05, 0) is 26.8 Å². The Kier molecular flexibility index (Phi) is 3.31. The molecule has 0 aromatic heterocycles. The first-order chi connectivity index (χ1) is 7.77. The number of carbonyl (C=O) groups excluding carboxylic acids is 3. The maximum atomic E-state index is 11.3. The number of phenolic OH excluding ortho intramolecular Hbond substituents is 2. The highest BCUT2D eigenvalue weighted by Gasteiger charge is 2.23. The SMILES string of the molecule is CC(=O)c1cc(C(C)=O)c(O)c(C(C)=O)c1O. The molecule has 0 aliphatic rings. The smallest absolute Gasteiger partial charge is 0.167 e. The lowest BCUT2D eigenvalue weighted by molar-refractivity contribution is 0.101. The Morgan fingerprint density at radius 1 is 0.824 bits per heavy atom. The third-order valence-corrected chi connectivity index (χ3v) is 2.38. The topological polar surface area (TPSA) is 91.7 Å². The lowest BCUT2D eigenvalue weighted by atomic mass is 9.96. The number of Topliss-reactive ketones (excluding diaryl/α,β-unsaturated/α-hetero) is 3. The first-order valence-corrected chi connectivity index (χ1v) is 4.89. The van der Waals surface area contributed by atoms with Gasteiger partial charge in [-0.25, -0.2) is 0 Å². The first kappa shape index (κ1) is 12.9. The molecule has 0 aliphatic heterocycles. The van der Waals surface area contributed by atoms with Crippen LogP contribution in [0.2, 0.25) is 0 Å². The fraction of sp³-hybridized carbons (Fsp3) is 0.250. The maximum absolute atomic E-state index is 11.3. The van der Waals surface area contributed by atoms with Crippen LogP contribution in [0.5, 0.6) is 11.5 Å². The van der Waals surface area contributed by atoms with E-state index in [0.29, 0.717) is 0 Å². The fourth-order valence-electron chi connectivity index (χ4n) is 1.53. The van der Waals surface area contributed by atoms with E-state index in [1.54, 1.807) is 0 Å². The van der Waals surface area contributed by atoms with Gasteiger partial charge in [0.25, 0.3) is 0 Å². The maximum Gasteiger partial charge on any atom is 0.167 e. The average Bonchev–Trinajstić information content (AvgIpc) is 2.15. The van der Waals surface area contributed by atoms with E-state index in [1.165, 1.54) is 13.8 Å². The zero-order valence-corrected chi connectivity index (χ0v) is 9.70. The first-order valence-electron chi connectivity index (χ1n) is 4.89. The van der Waals surface area contributed by atoms with Gasteiger partial charge in [0.1, 0.15) is 17.1 Å². The Hall–Kier alpha value is -2.17. The lowest BCUT2D eigenvalue weighted by Gasteiger charge is -2.11. The van der Waals surface area contributed by atoms with E-state index in [2.05, 4.69) is 0 Å². The molecule has 0 atom stereocenters. The minimum absolute atomic E-state index is 0.154. The van der Waals surface area contributed by atoms with Gasteiger partial charge in [0.15, 0.2) is 17.3 Å². The molecule has 5 heteroatoms. The van der Waals surface area contributed by atoms with Crippen LogP contribution in [0.25, 0.3) is 0 Å². The summed E-state index contributed by atoms with van der Waals surface area (Å²) >= 11 is 0. The molecule has 0 saturated heterocycles.